The van der Waals surface area contributed by atoms with E-state index in [4.69, 9.17) is 16.3 Å². The molecule has 4 aromatic rings. The second-order valence-corrected chi connectivity index (χ2v) is 7.12. The molecule has 0 radical (unpaired) electrons. The highest BCUT2D eigenvalue weighted by Crippen LogP contribution is 2.29. The van der Waals surface area contributed by atoms with Gasteiger partial charge in [0.25, 0.3) is 0 Å². The number of hydrogen-bond acceptors (Lipinski definition) is 3. The molecule has 1 heterocycles. The van der Waals surface area contributed by atoms with Gasteiger partial charge < -0.3 is 4.74 Å². The Morgan fingerprint density at radius 2 is 1.52 bits per heavy atom. The van der Waals surface area contributed by atoms with Crippen molar-refractivity contribution in [1.29, 1.82) is 0 Å². The van der Waals surface area contributed by atoms with Crippen molar-refractivity contribution in [2.75, 3.05) is 0 Å². The number of hydrogen-bond donors (Lipinski definition) is 0. The zero-order valence-corrected chi connectivity index (χ0v) is 17.1. The molecule has 0 amide bonds. The van der Waals surface area contributed by atoms with E-state index in [-0.39, 0.29) is 18.0 Å². The van der Waals surface area contributed by atoms with Gasteiger partial charge in [-0.15, -0.1) is 0 Å². The number of aliphatic imine (C=N–C) groups is 1. The normalized spacial score (nSPS) is 10.5. The quantitative estimate of drug-likeness (QED) is 0.314. The fourth-order valence-corrected chi connectivity index (χ4v) is 3.23. The van der Waals surface area contributed by atoms with Gasteiger partial charge in [-0.25, -0.2) is 13.8 Å². The highest BCUT2D eigenvalue weighted by atomic mass is 35.5. The predicted molar refractivity (Wildman–Crippen MR) is 118 cm³/mol. The minimum Gasteiger partial charge on any atom is -0.487 e. The second kappa shape index (κ2) is 9.49. The molecule has 0 spiro atoms. The maximum Gasteiger partial charge on any atom is 0.149 e. The van der Waals surface area contributed by atoms with Crippen LogP contribution in [0.2, 0.25) is 5.02 Å². The summed E-state index contributed by atoms with van der Waals surface area (Å²) in [6, 6.07) is 23.0. The third-order valence-corrected chi connectivity index (χ3v) is 4.87. The number of halogens is 3. The highest BCUT2D eigenvalue weighted by molar-refractivity contribution is 6.31. The van der Waals surface area contributed by atoms with Crippen LogP contribution in [0.25, 0.3) is 0 Å². The summed E-state index contributed by atoms with van der Waals surface area (Å²) >= 11 is 6.37. The van der Waals surface area contributed by atoms with Crippen LogP contribution in [-0.2, 0) is 6.61 Å². The number of rotatable bonds is 6. The number of benzene rings is 3. The van der Waals surface area contributed by atoms with Crippen LogP contribution in [-0.4, -0.2) is 10.7 Å². The van der Waals surface area contributed by atoms with Crippen LogP contribution in [0.3, 0.4) is 0 Å². The first kappa shape index (κ1) is 20.7. The molecule has 0 aliphatic carbocycles. The molecule has 6 heteroatoms. The number of aromatic nitrogens is 1. The lowest BCUT2D eigenvalue weighted by atomic mass is 10.0. The summed E-state index contributed by atoms with van der Waals surface area (Å²) in [4.78, 5) is 8.30. The molecular formula is C25H17ClF2N2O. The van der Waals surface area contributed by atoms with E-state index in [1.54, 1.807) is 0 Å². The van der Waals surface area contributed by atoms with Crippen LogP contribution in [0, 0.1) is 11.6 Å². The van der Waals surface area contributed by atoms with Crippen molar-refractivity contribution in [1.82, 2.24) is 4.98 Å². The Labute approximate surface area is 183 Å². The van der Waals surface area contributed by atoms with Crippen LogP contribution in [0.1, 0.15) is 16.7 Å². The minimum absolute atomic E-state index is 0.0326. The molecule has 0 aliphatic rings. The van der Waals surface area contributed by atoms with Gasteiger partial charge in [-0.1, -0.05) is 72.3 Å². The van der Waals surface area contributed by atoms with Crippen molar-refractivity contribution >= 4 is 23.0 Å². The minimum atomic E-state index is -0.537. The van der Waals surface area contributed by atoms with Crippen molar-refractivity contribution in [3.05, 3.63) is 125 Å². The Bertz CT molecular complexity index is 1170. The first-order valence-corrected chi connectivity index (χ1v) is 9.89. The van der Waals surface area contributed by atoms with Gasteiger partial charge in [-0.3, -0.25) is 4.98 Å². The van der Waals surface area contributed by atoms with Crippen LogP contribution in [0.15, 0.2) is 96.2 Å². The number of ether oxygens (including phenoxy) is 1. The average molecular weight is 435 g/mol. The zero-order valence-electron chi connectivity index (χ0n) is 16.3. The molecule has 0 saturated carbocycles. The van der Waals surface area contributed by atoms with E-state index < -0.39 is 11.6 Å². The van der Waals surface area contributed by atoms with Gasteiger partial charge in [0.15, 0.2) is 0 Å². The summed E-state index contributed by atoms with van der Waals surface area (Å²) in [5.41, 5.74) is 2.88. The predicted octanol–water partition coefficient (Wildman–Crippen LogP) is 6.76. The Morgan fingerprint density at radius 3 is 2.13 bits per heavy atom. The van der Waals surface area contributed by atoms with Crippen molar-refractivity contribution in [2.24, 2.45) is 4.99 Å². The molecule has 4 rings (SSSR count). The third-order valence-electron chi connectivity index (χ3n) is 4.52. The van der Waals surface area contributed by atoms with Gasteiger partial charge in [0.1, 0.15) is 29.7 Å². The summed E-state index contributed by atoms with van der Waals surface area (Å²) in [6.45, 7) is -0.0326. The van der Waals surface area contributed by atoms with Crippen molar-refractivity contribution in [3.63, 3.8) is 0 Å². The molecule has 31 heavy (non-hydrogen) atoms. The Hall–Kier alpha value is -3.57. The smallest absolute Gasteiger partial charge is 0.149 e. The molecule has 154 valence electrons. The van der Waals surface area contributed by atoms with E-state index in [1.165, 1.54) is 24.4 Å². The van der Waals surface area contributed by atoms with Crippen LogP contribution < -0.4 is 4.74 Å². The van der Waals surface area contributed by atoms with Gasteiger partial charge in [0, 0.05) is 27.8 Å². The molecule has 0 unspecified atom stereocenters. The monoisotopic (exact) mass is 434 g/mol. The maximum absolute atomic E-state index is 14.9. The van der Waals surface area contributed by atoms with E-state index in [0.717, 1.165) is 17.3 Å². The lowest BCUT2D eigenvalue weighted by Crippen LogP contribution is -2.03. The Morgan fingerprint density at radius 1 is 0.871 bits per heavy atom. The summed E-state index contributed by atoms with van der Waals surface area (Å²) in [5.74, 6) is -0.826. The number of pyridine rings is 1. The van der Waals surface area contributed by atoms with E-state index in [9.17, 15) is 8.78 Å². The van der Waals surface area contributed by atoms with E-state index in [1.807, 2.05) is 60.7 Å². The fourth-order valence-electron chi connectivity index (χ4n) is 3.01. The maximum atomic E-state index is 14.9. The topological polar surface area (TPSA) is 34.5 Å². The molecule has 0 saturated heterocycles. The average Bonchev–Trinajstić information content (AvgIpc) is 2.79. The summed E-state index contributed by atoms with van der Waals surface area (Å²) in [6.07, 6.45) is 2.45. The van der Waals surface area contributed by atoms with Gasteiger partial charge in [-0.2, -0.15) is 0 Å². The second-order valence-electron chi connectivity index (χ2n) is 6.72. The molecule has 0 atom stereocenters. The molecule has 0 fully saturated rings. The first-order valence-electron chi connectivity index (χ1n) is 9.51. The molecule has 0 N–H and O–H groups in total. The van der Waals surface area contributed by atoms with Gasteiger partial charge >= 0.3 is 0 Å². The Kier molecular flexibility index (Phi) is 6.34. The zero-order chi connectivity index (χ0) is 21.6. The molecule has 3 nitrogen and oxygen atoms in total. The molecule has 3 aromatic carbocycles. The van der Waals surface area contributed by atoms with E-state index >= 15 is 0 Å². The van der Waals surface area contributed by atoms with Crippen LogP contribution in [0.4, 0.5) is 14.5 Å². The Balaban J connectivity index is 1.66. The van der Waals surface area contributed by atoms with Crippen molar-refractivity contribution in [2.45, 2.75) is 6.61 Å². The molecule has 0 aliphatic heterocycles. The highest BCUT2D eigenvalue weighted by Gasteiger charge is 2.13. The van der Waals surface area contributed by atoms with Gasteiger partial charge in [-0.05, 0) is 12.1 Å². The molecular weight excluding hydrogens is 418 g/mol. The molecule has 1 aromatic heterocycles. The van der Waals surface area contributed by atoms with Crippen molar-refractivity contribution in [3.8, 4) is 5.75 Å². The van der Waals surface area contributed by atoms with E-state index in [2.05, 4.69) is 9.98 Å². The van der Waals surface area contributed by atoms with Crippen molar-refractivity contribution < 1.29 is 13.5 Å². The summed E-state index contributed by atoms with van der Waals surface area (Å²) < 4.78 is 33.6. The van der Waals surface area contributed by atoms with Gasteiger partial charge in [0.2, 0.25) is 0 Å². The fraction of sp³-hybridized carbons (Fsp3) is 0.0400. The summed E-state index contributed by atoms with van der Waals surface area (Å²) in [7, 11) is 0. The van der Waals surface area contributed by atoms with Crippen LogP contribution in [0.5, 0.6) is 5.75 Å². The van der Waals surface area contributed by atoms with Gasteiger partial charge in [0.05, 0.1) is 18.1 Å². The van der Waals surface area contributed by atoms with E-state index in [0.29, 0.717) is 16.3 Å². The number of nitrogens with zero attached hydrogens (tertiary/aromatic N) is 2. The SMILES string of the molecule is Fc1cncc(OCc2cc(F)c(N=C(c3ccccc3)c3ccccc3)cc2Cl)c1. The first-order chi connectivity index (χ1) is 15.1. The largest absolute Gasteiger partial charge is 0.487 e. The molecule has 0 bridgehead atoms. The lowest BCUT2D eigenvalue weighted by molar-refractivity contribution is 0.302. The lowest BCUT2D eigenvalue weighted by Gasteiger charge is -2.11. The third kappa shape index (κ3) is 5.13. The standard InChI is InChI=1S/C25H17ClF2N2O/c26-22-13-24(23(28)11-19(22)16-31-21-12-20(27)14-29-15-21)30-25(17-7-3-1-4-8-17)18-9-5-2-6-10-18/h1-15H,16H2. The summed E-state index contributed by atoms with van der Waals surface area (Å²) in [5, 5.41) is 0.296. The van der Waals surface area contributed by atoms with Crippen LogP contribution >= 0.6 is 11.6 Å².